The zero-order chi connectivity index (χ0) is 16.2. The molecule has 0 unspecified atom stereocenters. The minimum atomic E-state index is -0.410. The summed E-state index contributed by atoms with van der Waals surface area (Å²) in [6.45, 7) is 1.75. The Morgan fingerprint density at radius 3 is 2.87 bits per heavy atom. The van der Waals surface area contributed by atoms with E-state index in [1.165, 1.54) is 0 Å². The number of hydrazine groups is 1. The van der Waals surface area contributed by atoms with Crippen LogP contribution in [0.25, 0.3) is 5.65 Å². The third-order valence-electron chi connectivity index (χ3n) is 3.41. The van der Waals surface area contributed by atoms with Gasteiger partial charge in [0, 0.05) is 19.0 Å². The largest absolute Gasteiger partial charge is 0.469 e. The van der Waals surface area contributed by atoms with E-state index in [-0.39, 0.29) is 12.3 Å². The molecule has 0 saturated carbocycles. The summed E-state index contributed by atoms with van der Waals surface area (Å²) in [5.74, 6) is 0.0258. The van der Waals surface area contributed by atoms with Gasteiger partial charge in [-0.1, -0.05) is 6.07 Å². The van der Waals surface area contributed by atoms with Gasteiger partial charge >= 0.3 is 0 Å². The molecule has 0 aliphatic carbocycles. The average Bonchev–Trinajstić information content (AvgIpc) is 3.17. The summed E-state index contributed by atoms with van der Waals surface area (Å²) >= 11 is 0. The first-order valence-corrected chi connectivity index (χ1v) is 7.20. The van der Waals surface area contributed by atoms with Crippen molar-refractivity contribution in [1.29, 1.82) is 0 Å². The number of rotatable bonds is 4. The van der Waals surface area contributed by atoms with Gasteiger partial charge in [-0.15, -0.1) is 0 Å². The molecular weight excluding hydrogens is 296 g/mol. The highest BCUT2D eigenvalue weighted by Crippen LogP contribution is 2.11. The smallest absolute Gasteiger partial charge is 0.288 e. The van der Waals surface area contributed by atoms with E-state index < -0.39 is 5.91 Å². The average molecular weight is 312 g/mol. The summed E-state index contributed by atoms with van der Waals surface area (Å²) in [6, 6.07) is 9.04. The number of hydrogen-bond donors (Lipinski definition) is 2. The Bertz CT molecular complexity index is 836. The fourth-order valence-electron chi connectivity index (χ4n) is 2.33. The van der Waals surface area contributed by atoms with E-state index in [1.807, 2.05) is 18.2 Å². The van der Waals surface area contributed by atoms with Crippen LogP contribution in [0.5, 0.6) is 0 Å². The second-order valence-corrected chi connectivity index (χ2v) is 5.06. The SMILES string of the molecule is Cc1nc2ccccn2c1C(=O)NNC(=O)CCc1ccco1. The molecule has 3 heterocycles. The van der Waals surface area contributed by atoms with Crippen LogP contribution in [0.4, 0.5) is 0 Å². The fraction of sp³-hybridized carbons (Fsp3) is 0.188. The number of nitrogens with zero attached hydrogens (tertiary/aromatic N) is 2. The van der Waals surface area contributed by atoms with Gasteiger partial charge in [-0.2, -0.15) is 0 Å². The fourth-order valence-corrected chi connectivity index (χ4v) is 2.33. The third-order valence-corrected chi connectivity index (χ3v) is 3.41. The summed E-state index contributed by atoms with van der Waals surface area (Å²) in [4.78, 5) is 28.4. The minimum absolute atomic E-state index is 0.222. The number of nitrogens with one attached hydrogen (secondary N) is 2. The van der Waals surface area contributed by atoms with E-state index in [0.29, 0.717) is 23.5 Å². The predicted octanol–water partition coefficient (Wildman–Crippen LogP) is 1.63. The molecule has 23 heavy (non-hydrogen) atoms. The van der Waals surface area contributed by atoms with Gasteiger partial charge in [-0.05, 0) is 31.2 Å². The second kappa shape index (κ2) is 6.35. The van der Waals surface area contributed by atoms with Gasteiger partial charge in [0.2, 0.25) is 5.91 Å². The van der Waals surface area contributed by atoms with Crippen LogP contribution in [0.3, 0.4) is 0 Å². The van der Waals surface area contributed by atoms with Crippen LogP contribution in [-0.2, 0) is 11.2 Å². The van der Waals surface area contributed by atoms with Crippen LogP contribution in [0.1, 0.15) is 28.4 Å². The highest BCUT2D eigenvalue weighted by atomic mass is 16.3. The Labute approximate surface area is 132 Å². The van der Waals surface area contributed by atoms with Gasteiger partial charge in [0.1, 0.15) is 17.1 Å². The molecular formula is C16H16N4O3. The second-order valence-electron chi connectivity index (χ2n) is 5.06. The van der Waals surface area contributed by atoms with Crippen LogP contribution in [0, 0.1) is 6.92 Å². The lowest BCUT2D eigenvalue weighted by molar-refractivity contribution is -0.121. The summed E-state index contributed by atoms with van der Waals surface area (Å²) in [5, 5.41) is 0. The molecule has 0 aliphatic heterocycles. The van der Waals surface area contributed by atoms with Gasteiger partial charge in [0.25, 0.3) is 5.91 Å². The summed E-state index contributed by atoms with van der Waals surface area (Å²) in [6.07, 6.45) is 4.01. The van der Waals surface area contributed by atoms with Gasteiger partial charge in [-0.3, -0.25) is 24.8 Å². The first-order chi connectivity index (χ1) is 11.1. The molecule has 0 saturated heterocycles. The van der Waals surface area contributed by atoms with Crippen molar-refractivity contribution < 1.29 is 14.0 Å². The first kappa shape index (κ1) is 14.8. The maximum atomic E-state index is 12.3. The number of hydrogen-bond acceptors (Lipinski definition) is 4. The van der Waals surface area contributed by atoms with Crippen LogP contribution >= 0.6 is 0 Å². The molecule has 0 atom stereocenters. The lowest BCUT2D eigenvalue weighted by Gasteiger charge is -2.07. The Hall–Kier alpha value is -3.09. The van der Waals surface area contributed by atoms with Crippen LogP contribution in [-0.4, -0.2) is 21.2 Å². The van der Waals surface area contributed by atoms with E-state index in [4.69, 9.17) is 4.42 Å². The topological polar surface area (TPSA) is 88.6 Å². The highest BCUT2D eigenvalue weighted by Gasteiger charge is 2.16. The molecule has 0 fully saturated rings. The van der Waals surface area contributed by atoms with Crippen molar-refractivity contribution in [2.45, 2.75) is 19.8 Å². The molecule has 7 nitrogen and oxygen atoms in total. The number of amides is 2. The third kappa shape index (κ3) is 3.23. The summed E-state index contributed by atoms with van der Waals surface area (Å²) in [7, 11) is 0. The van der Waals surface area contributed by atoms with Crippen molar-refractivity contribution >= 4 is 17.5 Å². The molecule has 0 bridgehead atoms. The van der Waals surface area contributed by atoms with Crippen molar-refractivity contribution in [2.24, 2.45) is 0 Å². The van der Waals surface area contributed by atoms with E-state index in [0.717, 1.165) is 5.76 Å². The molecule has 118 valence electrons. The zero-order valence-corrected chi connectivity index (χ0v) is 12.6. The number of furan rings is 1. The number of pyridine rings is 1. The molecule has 2 N–H and O–H groups in total. The lowest BCUT2D eigenvalue weighted by Crippen LogP contribution is -2.42. The number of fused-ring (bicyclic) bond motifs is 1. The van der Waals surface area contributed by atoms with E-state index in [1.54, 1.807) is 35.9 Å². The monoisotopic (exact) mass is 312 g/mol. The first-order valence-electron chi connectivity index (χ1n) is 7.20. The van der Waals surface area contributed by atoms with Gasteiger partial charge in [-0.25, -0.2) is 4.98 Å². The number of aryl methyl sites for hydroxylation is 2. The zero-order valence-electron chi connectivity index (χ0n) is 12.6. The van der Waals surface area contributed by atoms with E-state index >= 15 is 0 Å². The number of aromatic nitrogens is 2. The molecule has 7 heteroatoms. The van der Waals surface area contributed by atoms with Gasteiger partial charge in [0.15, 0.2) is 0 Å². The molecule has 2 amide bonds. The number of carbonyl (C=O) groups excluding carboxylic acids is 2. The van der Waals surface area contributed by atoms with E-state index in [9.17, 15) is 9.59 Å². The van der Waals surface area contributed by atoms with Crippen LogP contribution in [0.2, 0.25) is 0 Å². The molecule has 0 spiro atoms. The van der Waals surface area contributed by atoms with Crippen LogP contribution < -0.4 is 10.9 Å². The number of imidazole rings is 1. The molecule has 3 rings (SSSR count). The Morgan fingerprint density at radius 1 is 1.22 bits per heavy atom. The Morgan fingerprint density at radius 2 is 2.09 bits per heavy atom. The van der Waals surface area contributed by atoms with Crippen molar-refractivity contribution in [1.82, 2.24) is 20.2 Å². The Kier molecular flexibility index (Phi) is 4.09. The highest BCUT2D eigenvalue weighted by molar-refractivity contribution is 5.95. The molecule has 0 aromatic carbocycles. The molecule has 0 radical (unpaired) electrons. The van der Waals surface area contributed by atoms with Crippen molar-refractivity contribution in [3.63, 3.8) is 0 Å². The van der Waals surface area contributed by atoms with E-state index in [2.05, 4.69) is 15.8 Å². The van der Waals surface area contributed by atoms with Crippen molar-refractivity contribution in [2.75, 3.05) is 0 Å². The summed E-state index contributed by atoms with van der Waals surface area (Å²) in [5.41, 5.74) is 6.49. The maximum absolute atomic E-state index is 12.3. The number of carbonyl (C=O) groups is 2. The molecule has 3 aromatic heterocycles. The normalized spacial score (nSPS) is 10.7. The van der Waals surface area contributed by atoms with Crippen molar-refractivity contribution in [3.05, 3.63) is 59.9 Å². The Balaban J connectivity index is 1.60. The maximum Gasteiger partial charge on any atom is 0.288 e. The minimum Gasteiger partial charge on any atom is -0.469 e. The molecule has 0 aliphatic rings. The quantitative estimate of drug-likeness (QED) is 0.717. The predicted molar refractivity (Wildman–Crippen MR) is 82.6 cm³/mol. The molecule has 3 aromatic rings. The summed E-state index contributed by atoms with van der Waals surface area (Å²) < 4.78 is 6.83. The van der Waals surface area contributed by atoms with Gasteiger partial charge < -0.3 is 4.42 Å². The standard InChI is InChI=1S/C16H16N4O3/c1-11-15(20-9-3-2-6-13(20)17-11)16(22)19-18-14(21)8-7-12-5-4-10-23-12/h2-6,9-10H,7-8H2,1H3,(H,18,21)(H,19,22). The van der Waals surface area contributed by atoms with Crippen molar-refractivity contribution in [3.8, 4) is 0 Å². The lowest BCUT2D eigenvalue weighted by atomic mass is 10.2. The van der Waals surface area contributed by atoms with Crippen LogP contribution in [0.15, 0.2) is 47.2 Å². The van der Waals surface area contributed by atoms with Gasteiger partial charge in [0.05, 0.1) is 12.0 Å².